The summed E-state index contributed by atoms with van der Waals surface area (Å²) in [6, 6.07) is 3.20. The number of nitrogens with zero attached hydrogens (tertiary/aromatic N) is 2. The molecule has 0 bridgehead atoms. The number of hydrogen-bond acceptors (Lipinski definition) is 4. The summed E-state index contributed by atoms with van der Waals surface area (Å²) in [6.45, 7) is 10.4. The van der Waals surface area contributed by atoms with Crippen molar-refractivity contribution in [2.45, 2.75) is 91.4 Å². The van der Waals surface area contributed by atoms with Crippen molar-refractivity contribution < 1.29 is 36.6 Å². The number of carboxylic acids is 1. The lowest BCUT2D eigenvalue weighted by molar-refractivity contribution is -0.139. The van der Waals surface area contributed by atoms with Crippen LogP contribution in [0.1, 0.15) is 98.3 Å². The smallest absolute Gasteiger partial charge is 0.416 e. The number of rotatable bonds is 12. The zero-order valence-corrected chi connectivity index (χ0v) is 30.0. The van der Waals surface area contributed by atoms with Gasteiger partial charge in [0.15, 0.2) is 0 Å². The van der Waals surface area contributed by atoms with Crippen LogP contribution in [-0.4, -0.2) is 46.1 Å². The summed E-state index contributed by atoms with van der Waals surface area (Å²) in [7, 11) is 0. The molecule has 3 aromatic rings. The lowest BCUT2D eigenvalue weighted by atomic mass is 9.90. The first-order valence-electron chi connectivity index (χ1n) is 17.5. The molecule has 7 nitrogen and oxygen atoms in total. The Bertz CT molecular complexity index is 1960. The van der Waals surface area contributed by atoms with Gasteiger partial charge in [-0.25, -0.2) is 8.78 Å². The normalized spacial score (nSPS) is 16.4. The molecule has 2 aromatic carbocycles. The number of hydrogen-bond donors (Lipinski definition) is 2. The number of halogens is 5. The predicted molar refractivity (Wildman–Crippen MR) is 188 cm³/mol. The van der Waals surface area contributed by atoms with Crippen molar-refractivity contribution in [2.24, 2.45) is 11.3 Å². The Kier molecular flexibility index (Phi) is 11.3. The molecule has 2 fully saturated rings. The number of aryl methyl sites for hydroxylation is 2. The van der Waals surface area contributed by atoms with Gasteiger partial charge in [-0.05, 0) is 123 Å². The fraction of sp³-hybridized carbons (Fsp3) is 0.475. The molecule has 1 saturated carbocycles. The van der Waals surface area contributed by atoms with Crippen LogP contribution in [0, 0.1) is 48.7 Å². The van der Waals surface area contributed by atoms with Gasteiger partial charge in [-0.15, -0.1) is 5.92 Å². The molecule has 1 spiro atoms. The van der Waals surface area contributed by atoms with Crippen LogP contribution in [0.4, 0.5) is 22.0 Å². The first-order valence-corrected chi connectivity index (χ1v) is 17.5. The number of aromatic nitrogens is 1. The number of aliphatic carboxylic acids is 1. The summed E-state index contributed by atoms with van der Waals surface area (Å²) in [4.78, 5) is 41.8. The number of pyridine rings is 1. The maximum atomic E-state index is 16.2. The van der Waals surface area contributed by atoms with E-state index < -0.39 is 59.3 Å². The molecule has 52 heavy (non-hydrogen) atoms. The topological polar surface area (TPSA) is 91.6 Å². The molecule has 0 unspecified atom stereocenters. The molecule has 5 rings (SSSR count). The standard InChI is InChI=1S/C40H44F5N3O4/c1-6-7-26-17-28(36-24(4)15-29(41)16-25(36)5)18-30(37(26)42)32(20-35(50)51)46-38(52)33(14-23(2)3)48-21-27(31(19-34(48)49)40(43,44)45)8-12-47-13-11-39(22-47)9-10-39/h15-19,21,23,32-33H,8-14,20,22H2,1-5H3,(H,46,52)(H,50,51)/t32-,33+/m0/s1. The Balaban J connectivity index is 1.55. The number of carbonyl (C=O) groups excluding carboxylic acids is 1. The Morgan fingerprint density at radius 1 is 1.04 bits per heavy atom. The van der Waals surface area contributed by atoms with E-state index >= 15 is 4.39 Å². The number of nitrogens with one attached hydrogen (secondary N) is 1. The largest absolute Gasteiger partial charge is 0.481 e. The van der Waals surface area contributed by atoms with E-state index in [0.717, 1.165) is 43.1 Å². The fourth-order valence-electron chi connectivity index (χ4n) is 7.49. The van der Waals surface area contributed by atoms with Gasteiger partial charge in [0.1, 0.15) is 17.7 Å². The summed E-state index contributed by atoms with van der Waals surface area (Å²) in [5, 5.41) is 12.5. The number of likely N-dealkylation sites (tertiary alicyclic amines) is 1. The highest BCUT2D eigenvalue weighted by Gasteiger charge is 2.47. The number of carboxylic acid groups (broad SMARTS) is 1. The summed E-state index contributed by atoms with van der Waals surface area (Å²) in [5.41, 5.74) is -0.153. The molecule has 278 valence electrons. The van der Waals surface area contributed by atoms with E-state index in [9.17, 15) is 37.1 Å². The molecule has 0 radical (unpaired) electrons. The van der Waals surface area contributed by atoms with Gasteiger partial charge in [0.25, 0.3) is 5.56 Å². The summed E-state index contributed by atoms with van der Waals surface area (Å²) < 4.78 is 74.0. The minimum absolute atomic E-state index is 0.00429. The van der Waals surface area contributed by atoms with E-state index in [1.807, 2.05) is 0 Å². The van der Waals surface area contributed by atoms with Gasteiger partial charge in [0.05, 0.1) is 23.6 Å². The summed E-state index contributed by atoms with van der Waals surface area (Å²) >= 11 is 0. The molecule has 2 aliphatic rings. The number of carbonyl (C=O) groups is 2. The third-order valence-electron chi connectivity index (χ3n) is 10.2. The van der Waals surface area contributed by atoms with Gasteiger partial charge < -0.3 is 19.9 Å². The van der Waals surface area contributed by atoms with Gasteiger partial charge in [-0.3, -0.25) is 14.4 Å². The molecule has 1 amide bonds. The van der Waals surface area contributed by atoms with Crippen LogP contribution in [-0.2, 0) is 22.2 Å². The molecule has 12 heteroatoms. The molecular formula is C40H44F5N3O4. The average molecular weight is 726 g/mol. The van der Waals surface area contributed by atoms with Crippen LogP contribution >= 0.6 is 0 Å². The molecule has 1 aromatic heterocycles. The van der Waals surface area contributed by atoms with Crippen molar-refractivity contribution in [2.75, 3.05) is 19.6 Å². The van der Waals surface area contributed by atoms with E-state index in [1.165, 1.54) is 31.2 Å². The van der Waals surface area contributed by atoms with Gasteiger partial charge in [0.2, 0.25) is 5.91 Å². The SMILES string of the molecule is CC#Cc1cc(-c2c(C)cc(F)cc2C)cc([C@H](CC(=O)O)NC(=O)[C@@H](CC(C)C)n2cc(CCN3CCC4(CC4)C3)c(C(F)(F)F)cc2=O)c1F. The van der Waals surface area contributed by atoms with Crippen molar-refractivity contribution in [1.82, 2.24) is 14.8 Å². The zero-order chi connectivity index (χ0) is 38.1. The maximum Gasteiger partial charge on any atom is 0.416 e. The van der Waals surface area contributed by atoms with Crippen molar-refractivity contribution >= 4 is 11.9 Å². The van der Waals surface area contributed by atoms with E-state index in [4.69, 9.17) is 0 Å². The van der Waals surface area contributed by atoms with Crippen molar-refractivity contribution in [3.8, 4) is 23.0 Å². The molecule has 2 heterocycles. The minimum Gasteiger partial charge on any atom is -0.481 e. The second-order valence-corrected chi connectivity index (χ2v) is 14.8. The molecule has 1 aliphatic heterocycles. The van der Waals surface area contributed by atoms with E-state index in [0.29, 0.717) is 34.9 Å². The van der Waals surface area contributed by atoms with E-state index in [1.54, 1.807) is 27.7 Å². The van der Waals surface area contributed by atoms with Crippen LogP contribution in [0.3, 0.4) is 0 Å². The van der Waals surface area contributed by atoms with E-state index in [-0.39, 0.29) is 40.9 Å². The Morgan fingerprint density at radius 2 is 1.71 bits per heavy atom. The first kappa shape index (κ1) is 38.7. The van der Waals surface area contributed by atoms with Crippen LogP contribution in [0.2, 0.25) is 0 Å². The van der Waals surface area contributed by atoms with Crippen LogP contribution < -0.4 is 10.9 Å². The molecule has 1 aliphatic carbocycles. The van der Waals surface area contributed by atoms with Gasteiger partial charge in [-0.1, -0.05) is 19.8 Å². The molecule has 1 saturated heterocycles. The monoisotopic (exact) mass is 725 g/mol. The Morgan fingerprint density at radius 3 is 2.27 bits per heavy atom. The lowest BCUT2D eigenvalue weighted by Crippen LogP contribution is -2.41. The minimum atomic E-state index is -4.80. The lowest BCUT2D eigenvalue weighted by Gasteiger charge is -2.27. The summed E-state index contributed by atoms with van der Waals surface area (Å²) in [5.74, 6) is 1.54. The van der Waals surface area contributed by atoms with Crippen LogP contribution in [0.5, 0.6) is 0 Å². The third-order valence-corrected chi connectivity index (χ3v) is 10.2. The van der Waals surface area contributed by atoms with Crippen LogP contribution in [0.25, 0.3) is 11.1 Å². The van der Waals surface area contributed by atoms with Gasteiger partial charge in [0, 0.05) is 30.9 Å². The molecular weight excluding hydrogens is 681 g/mol. The Labute approximate surface area is 300 Å². The first-order chi connectivity index (χ1) is 24.4. The maximum absolute atomic E-state index is 16.2. The predicted octanol–water partition coefficient (Wildman–Crippen LogP) is 7.75. The fourth-order valence-corrected chi connectivity index (χ4v) is 7.49. The highest BCUT2D eigenvalue weighted by Crippen LogP contribution is 2.52. The Hall–Kier alpha value is -4.50. The van der Waals surface area contributed by atoms with Crippen molar-refractivity contribution in [1.29, 1.82) is 0 Å². The number of amides is 1. The van der Waals surface area contributed by atoms with Gasteiger partial charge >= 0.3 is 12.1 Å². The quantitative estimate of drug-likeness (QED) is 0.147. The highest BCUT2D eigenvalue weighted by molar-refractivity contribution is 5.82. The van der Waals surface area contributed by atoms with Crippen LogP contribution in [0.15, 0.2) is 41.3 Å². The highest BCUT2D eigenvalue weighted by atomic mass is 19.4. The zero-order valence-electron chi connectivity index (χ0n) is 30.0. The second kappa shape index (κ2) is 15.2. The van der Waals surface area contributed by atoms with Crippen molar-refractivity contribution in [3.63, 3.8) is 0 Å². The molecule has 2 N–H and O–H groups in total. The van der Waals surface area contributed by atoms with E-state index in [2.05, 4.69) is 22.1 Å². The summed E-state index contributed by atoms with van der Waals surface area (Å²) in [6.07, 6.45) is -1.20. The second-order valence-electron chi connectivity index (χ2n) is 14.8. The number of benzene rings is 2. The third kappa shape index (κ3) is 8.75. The average Bonchev–Trinajstić information content (AvgIpc) is 3.68. The van der Waals surface area contributed by atoms with Crippen molar-refractivity contribution in [3.05, 3.63) is 91.9 Å². The molecule has 2 atom stereocenters. The number of alkyl halides is 3. The van der Waals surface area contributed by atoms with Gasteiger partial charge in [-0.2, -0.15) is 13.2 Å².